The third kappa shape index (κ3) is 1.84. The fraction of sp³-hybridized carbons (Fsp3) is 0.667. The number of aliphatic imine (C=N–C) groups is 1. The summed E-state index contributed by atoms with van der Waals surface area (Å²) < 4.78 is 0. The Hall–Kier alpha value is -1.32. The summed E-state index contributed by atoms with van der Waals surface area (Å²) in [5.41, 5.74) is 0.426. The number of carbonyl (C=O) groups excluding carboxylic acids is 1. The highest BCUT2D eigenvalue weighted by molar-refractivity contribution is 5.95. The molecule has 3 atom stereocenters. The average Bonchev–Trinajstić information content (AvgIpc) is 2.25. The van der Waals surface area contributed by atoms with E-state index in [4.69, 9.17) is 0 Å². The molecule has 4 nitrogen and oxygen atoms in total. The average molecular weight is 221 g/mol. The van der Waals surface area contributed by atoms with Gasteiger partial charge in [-0.1, -0.05) is 13.5 Å². The molecule has 2 saturated heterocycles. The quantitative estimate of drug-likeness (QED) is 0.441. The molecule has 2 heterocycles. The smallest absolute Gasteiger partial charge is 0.270 e. The summed E-state index contributed by atoms with van der Waals surface area (Å²) in [6, 6.07) is 0.886. The fourth-order valence-electron chi connectivity index (χ4n) is 2.84. The molecule has 1 unspecified atom stereocenters. The van der Waals surface area contributed by atoms with E-state index in [0.29, 0.717) is 17.8 Å². The second-order valence-electron chi connectivity index (χ2n) is 4.84. The van der Waals surface area contributed by atoms with Crippen molar-refractivity contribution in [2.45, 2.75) is 38.3 Å². The van der Waals surface area contributed by atoms with Crippen LogP contribution < -0.4 is 5.32 Å². The van der Waals surface area contributed by atoms with Crippen LogP contribution in [-0.2, 0) is 4.79 Å². The van der Waals surface area contributed by atoms with Crippen LogP contribution in [0.2, 0.25) is 0 Å². The number of rotatable bonds is 3. The van der Waals surface area contributed by atoms with Crippen molar-refractivity contribution in [3.05, 3.63) is 12.3 Å². The molecule has 2 bridgehead atoms. The van der Waals surface area contributed by atoms with Crippen molar-refractivity contribution in [2.75, 3.05) is 7.05 Å². The Kier molecular flexibility index (Phi) is 2.99. The molecule has 1 aliphatic carbocycles. The Morgan fingerprint density at radius 1 is 1.44 bits per heavy atom. The summed E-state index contributed by atoms with van der Waals surface area (Å²) in [4.78, 5) is 17.8. The zero-order chi connectivity index (χ0) is 11.7. The second-order valence-corrected chi connectivity index (χ2v) is 4.84. The third-order valence-corrected chi connectivity index (χ3v) is 3.54. The van der Waals surface area contributed by atoms with Crippen molar-refractivity contribution in [1.29, 1.82) is 0 Å². The van der Waals surface area contributed by atoms with Crippen LogP contribution in [0.1, 0.15) is 26.2 Å². The van der Waals surface area contributed by atoms with Crippen LogP contribution in [0.4, 0.5) is 0 Å². The predicted octanol–water partition coefficient (Wildman–Crippen LogP) is 1.15. The summed E-state index contributed by atoms with van der Waals surface area (Å²) in [6.07, 6.45) is 4.94. The first kappa shape index (κ1) is 11.2. The van der Waals surface area contributed by atoms with Gasteiger partial charge < -0.3 is 10.2 Å². The van der Waals surface area contributed by atoms with Crippen molar-refractivity contribution in [3.8, 4) is 0 Å². The summed E-state index contributed by atoms with van der Waals surface area (Å²) in [7, 11) is 1.66. The summed E-state index contributed by atoms with van der Waals surface area (Å²) in [5.74, 6) is 0.791. The minimum atomic E-state index is 0.0352. The largest absolute Gasteiger partial charge is 0.343 e. The summed E-state index contributed by atoms with van der Waals surface area (Å²) >= 11 is 0. The molecule has 2 aliphatic heterocycles. The molecule has 0 radical (unpaired) electrons. The number of amides is 1. The van der Waals surface area contributed by atoms with E-state index < -0.39 is 0 Å². The molecule has 88 valence electrons. The number of hydrogen-bond acceptors (Lipinski definition) is 2. The Bertz CT molecular complexity index is 325. The number of piperidine rings is 1. The SMILES string of the molecule is C=C(NC=NC)C(=O)N1[C@@H]2CC(C)C[C@H]1C2. The molecule has 1 amide bonds. The first-order valence-corrected chi connectivity index (χ1v) is 5.82. The van der Waals surface area contributed by atoms with Crippen LogP contribution in [0.25, 0.3) is 0 Å². The van der Waals surface area contributed by atoms with Crippen molar-refractivity contribution in [2.24, 2.45) is 10.9 Å². The maximum absolute atomic E-state index is 12.1. The van der Waals surface area contributed by atoms with Crippen molar-refractivity contribution in [3.63, 3.8) is 0 Å². The van der Waals surface area contributed by atoms with Gasteiger partial charge in [-0.05, 0) is 25.2 Å². The topological polar surface area (TPSA) is 44.7 Å². The van der Waals surface area contributed by atoms with Gasteiger partial charge >= 0.3 is 0 Å². The molecular weight excluding hydrogens is 202 g/mol. The molecule has 4 heteroatoms. The highest BCUT2D eigenvalue weighted by Crippen LogP contribution is 2.41. The standard InChI is InChI=1S/C12H19N3O/c1-8-4-10-6-11(5-8)15(10)12(16)9(2)14-7-13-3/h7-8,10-11H,2,4-6H2,1,3H3,(H,13,14)/t8?,10-,11+. The molecule has 1 N–H and O–H groups in total. The summed E-state index contributed by atoms with van der Waals surface area (Å²) in [6.45, 7) is 6.01. The molecular formula is C12H19N3O. The van der Waals surface area contributed by atoms with Gasteiger partial charge in [-0.25, -0.2) is 0 Å². The molecule has 3 fully saturated rings. The van der Waals surface area contributed by atoms with E-state index in [1.54, 1.807) is 7.05 Å². The van der Waals surface area contributed by atoms with Crippen molar-refractivity contribution >= 4 is 12.2 Å². The van der Waals surface area contributed by atoms with Gasteiger partial charge in [0.2, 0.25) is 0 Å². The molecule has 1 saturated carbocycles. The first-order valence-electron chi connectivity index (χ1n) is 5.82. The number of nitrogens with zero attached hydrogens (tertiary/aromatic N) is 2. The monoisotopic (exact) mass is 221 g/mol. The van der Waals surface area contributed by atoms with Crippen LogP contribution in [0.5, 0.6) is 0 Å². The zero-order valence-corrected chi connectivity index (χ0v) is 9.94. The second kappa shape index (κ2) is 4.28. The zero-order valence-electron chi connectivity index (χ0n) is 9.94. The van der Waals surface area contributed by atoms with Crippen molar-refractivity contribution in [1.82, 2.24) is 10.2 Å². The maximum atomic E-state index is 12.1. The van der Waals surface area contributed by atoms with Crippen LogP contribution in [0, 0.1) is 5.92 Å². The Morgan fingerprint density at radius 3 is 2.62 bits per heavy atom. The van der Waals surface area contributed by atoms with Gasteiger partial charge in [0.15, 0.2) is 0 Å². The lowest BCUT2D eigenvalue weighted by atomic mass is 9.74. The lowest BCUT2D eigenvalue weighted by Crippen LogP contribution is -2.63. The molecule has 0 aromatic rings. The van der Waals surface area contributed by atoms with Crippen molar-refractivity contribution < 1.29 is 4.79 Å². The minimum Gasteiger partial charge on any atom is -0.343 e. The van der Waals surface area contributed by atoms with Crippen LogP contribution in [0.3, 0.4) is 0 Å². The van der Waals surface area contributed by atoms with E-state index in [2.05, 4.69) is 23.8 Å². The summed E-state index contributed by atoms with van der Waals surface area (Å²) in [5, 5.41) is 2.80. The van der Waals surface area contributed by atoms with E-state index in [9.17, 15) is 4.79 Å². The van der Waals surface area contributed by atoms with Gasteiger partial charge in [0, 0.05) is 19.1 Å². The number of fused-ring (bicyclic) bond motifs is 2. The lowest BCUT2D eigenvalue weighted by molar-refractivity contribution is -0.147. The number of carbonyl (C=O) groups is 1. The van der Waals surface area contributed by atoms with Gasteiger partial charge in [-0.2, -0.15) is 0 Å². The minimum absolute atomic E-state index is 0.0352. The van der Waals surface area contributed by atoms with Crippen LogP contribution in [0.15, 0.2) is 17.3 Å². The van der Waals surface area contributed by atoms with Crippen LogP contribution in [-0.4, -0.2) is 36.3 Å². The maximum Gasteiger partial charge on any atom is 0.270 e. The highest BCUT2D eigenvalue weighted by atomic mass is 16.2. The van der Waals surface area contributed by atoms with E-state index in [-0.39, 0.29) is 5.91 Å². The molecule has 3 rings (SSSR count). The van der Waals surface area contributed by atoms with E-state index >= 15 is 0 Å². The highest BCUT2D eigenvalue weighted by Gasteiger charge is 2.46. The van der Waals surface area contributed by atoms with E-state index in [1.807, 2.05) is 4.90 Å². The van der Waals surface area contributed by atoms with Gasteiger partial charge in [0.25, 0.3) is 5.91 Å². The molecule has 3 aliphatic rings. The fourth-order valence-corrected chi connectivity index (χ4v) is 2.84. The van der Waals surface area contributed by atoms with Gasteiger partial charge in [-0.3, -0.25) is 9.79 Å². The predicted molar refractivity (Wildman–Crippen MR) is 64.1 cm³/mol. The van der Waals surface area contributed by atoms with E-state index in [0.717, 1.165) is 18.8 Å². The van der Waals surface area contributed by atoms with Gasteiger partial charge in [0.05, 0.1) is 12.0 Å². The van der Waals surface area contributed by atoms with E-state index in [1.165, 1.54) is 12.8 Å². The normalized spacial score (nSPS) is 32.4. The Morgan fingerprint density at radius 2 is 2.06 bits per heavy atom. The molecule has 0 aromatic heterocycles. The third-order valence-electron chi connectivity index (χ3n) is 3.54. The molecule has 0 aromatic carbocycles. The number of hydrogen-bond donors (Lipinski definition) is 1. The molecule has 0 spiro atoms. The van der Waals surface area contributed by atoms with Gasteiger partial charge in [0.1, 0.15) is 0 Å². The lowest BCUT2D eigenvalue weighted by Gasteiger charge is -2.55. The molecule has 16 heavy (non-hydrogen) atoms. The van der Waals surface area contributed by atoms with Gasteiger partial charge in [-0.15, -0.1) is 0 Å². The van der Waals surface area contributed by atoms with Crippen LogP contribution >= 0.6 is 0 Å². The Balaban J connectivity index is 1.94. The number of nitrogens with one attached hydrogen (secondary N) is 1. The first-order chi connectivity index (χ1) is 7.63. The Labute approximate surface area is 96.4 Å².